The maximum Gasteiger partial charge on any atom is 0.162 e. The van der Waals surface area contributed by atoms with Gasteiger partial charge in [0.15, 0.2) is 5.65 Å². The zero-order chi connectivity index (χ0) is 19.7. The first kappa shape index (κ1) is 19.3. The van der Waals surface area contributed by atoms with Gasteiger partial charge >= 0.3 is 0 Å². The van der Waals surface area contributed by atoms with Gasteiger partial charge in [-0.05, 0) is 19.1 Å². The average Bonchev–Trinajstić information content (AvgIpc) is 3.12. The number of fused-ring (bicyclic) bond motifs is 1. The van der Waals surface area contributed by atoms with E-state index in [2.05, 4.69) is 27.7 Å². The fourth-order valence-corrected chi connectivity index (χ4v) is 4.19. The van der Waals surface area contributed by atoms with Crippen molar-refractivity contribution in [3.63, 3.8) is 0 Å². The molecule has 0 saturated carbocycles. The van der Waals surface area contributed by atoms with Crippen LogP contribution < -0.4 is 16.0 Å². The van der Waals surface area contributed by atoms with Gasteiger partial charge in [0.2, 0.25) is 0 Å². The maximum absolute atomic E-state index is 6.54. The molecule has 0 amide bonds. The Balaban J connectivity index is 1.97. The number of nitrogens with one attached hydrogen (secondary N) is 1. The Morgan fingerprint density at radius 2 is 2.00 bits per heavy atom. The Morgan fingerprint density at radius 1 is 1.21 bits per heavy atom. The molecular formula is C20H23Cl2N5O. The molecule has 1 aromatic carbocycles. The molecule has 0 radical (unpaired) electrons. The lowest BCUT2D eigenvalue weighted by Gasteiger charge is -2.28. The van der Waals surface area contributed by atoms with Crippen LogP contribution in [0.3, 0.4) is 0 Å². The lowest BCUT2D eigenvalue weighted by molar-refractivity contribution is 0.122. The van der Waals surface area contributed by atoms with E-state index >= 15 is 0 Å². The van der Waals surface area contributed by atoms with Gasteiger partial charge in [-0.2, -0.15) is 0 Å². The van der Waals surface area contributed by atoms with Gasteiger partial charge in [-0.15, -0.1) is 0 Å². The number of nitrogens with two attached hydrogens (primary N) is 1. The third-order valence-corrected chi connectivity index (χ3v) is 5.55. The summed E-state index contributed by atoms with van der Waals surface area (Å²) in [5.74, 6) is 1.03. The quantitative estimate of drug-likeness (QED) is 0.652. The predicted octanol–water partition coefficient (Wildman–Crippen LogP) is 4.04. The van der Waals surface area contributed by atoms with Crippen LogP contribution in [0, 0.1) is 0 Å². The van der Waals surface area contributed by atoms with Gasteiger partial charge < -0.3 is 20.7 Å². The monoisotopic (exact) mass is 419 g/mol. The molecule has 1 aliphatic heterocycles. The molecule has 3 heterocycles. The number of hydrogen-bond donors (Lipinski definition) is 2. The third kappa shape index (κ3) is 3.42. The molecule has 0 spiro atoms. The van der Waals surface area contributed by atoms with E-state index in [9.17, 15) is 0 Å². The number of nitrogens with zero attached hydrogens (tertiary/aromatic N) is 3. The smallest absolute Gasteiger partial charge is 0.162 e. The van der Waals surface area contributed by atoms with E-state index in [1.165, 1.54) is 0 Å². The number of ether oxygens (including phenoxy) is 1. The number of imidazole rings is 1. The van der Waals surface area contributed by atoms with E-state index in [1.54, 1.807) is 6.07 Å². The normalized spacial score (nSPS) is 14.6. The Morgan fingerprint density at radius 3 is 2.68 bits per heavy atom. The van der Waals surface area contributed by atoms with Crippen LogP contribution in [0.2, 0.25) is 10.0 Å². The van der Waals surface area contributed by atoms with Crippen molar-refractivity contribution < 1.29 is 4.74 Å². The largest absolute Gasteiger partial charge is 0.382 e. The van der Waals surface area contributed by atoms with Crippen molar-refractivity contribution >= 4 is 40.4 Å². The van der Waals surface area contributed by atoms with Crippen molar-refractivity contribution in [1.82, 2.24) is 9.38 Å². The molecule has 3 N–H and O–H groups in total. The molecule has 0 bridgehead atoms. The van der Waals surface area contributed by atoms with Crippen molar-refractivity contribution in [3.05, 3.63) is 46.2 Å². The second kappa shape index (κ2) is 8.17. The summed E-state index contributed by atoms with van der Waals surface area (Å²) in [7, 11) is 0. The first-order valence-electron chi connectivity index (χ1n) is 9.39. The molecule has 28 heavy (non-hydrogen) atoms. The topological polar surface area (TPSA) is 67.8 Å². The molecule has 1 aliphatic rings. The minimum atomic E-state index is 0.368. The van der Waals surface area contributed by atoms with Crippen molar-refractivity contribution in [2.45, 2.75) is 13.5 Å². The highest BCUT2D eigenvalue weighted by atomic mass is 35.5. The number of aromatic nitrogens is 2. The van der Waals surface area contributed by atoms with Crippen LogP contribution in [0.4, 0.5) is 11.5 Å². The molecule has 0 aliphatic carbocycles. The van der Waals surface area contributed by atoms with Crippen LogP contribution in [0.15, 0.2) is 30.6 Å². The Hall–Kier alpha value is -1.99. The highest BCUT2D eigenvalue weighted by Crippen LogP contribution is 2.38. The van der Waals surface area contributed by atoms with E-state index in [1.807, 2.05) is 18.3 Å². The highest BCUT2D eigenvalue weighted by Gasteiger charge is 2.21. The van der Waals surface area contributed by atoms with Crippen LogP contribution >= 0.6 is 23.2 Å². The maximum atomic E-state index is 6.54. The lowest BCUT2D eigenvalue weighted by atomic mass is 10.00. The minimum Gasteiger partial charge on any atom is -0.382 e. The van der Waals surface area contributed by atoms with Gasteiger partial charge in [0.05, 0.1) is 25.1 Å². The zero-order valence-corrected chi connectivity index (χ0v) is 17.2. The summed E-state index contributed by atoms with van der Waals surface area (Å²) in [6.45, 7) is 6.28. The van der Waals surface area contributed by atoms with Crippen molar-refractivity contribution in [2.24, 2.45) is 5.73 Å². The molecule has 1 fully saturated rings. The molecule has 148 valence electrons. The van der Waals surface area contributed by atoms with Crippen molar-refractivity contribution in [3.8, 4) is 11.1 Å². The van der Waals surface area contributed by atoms with Gasteiger partial charge in [-0.25, -0.2) is 4.98 Å². The summed E-state index contributed by atoms with van der Waals surface area (Å²) in [6.07, 6.45) is 3.99. The number of benzene rings is 1. The van der Waals surface area contributed by atoms with Crippen molar-refractivity contribution in [1.29, 1.82) is 0 Å². The van der Waals surface area contributed by atoms with Gasteiger partial charge in [0.1, 0.15) is 5.82 Å². The van der Waals surface area contributed by atoms with E-state index in [4.69, 9.17) is 38.7 Å². The van der Waals surface area contributed by atoms with E-state index in [0.29, 0.717) is 29.8 Å². The second-order valence-corrected chi connectivity index (χ2v) is 7.51. The highest BCUT2D eigenvalue weighted by molar-refractivity contribution is 6.36. The predicted molar refractivity (Wildman–Crippen MR) is 116 cm³/mol. The van der Waals surface area contributed by atoms with E-state index in [-0.39, 0.29) is 0 Å². The number of hydrogen-bond acceptors (Lipinski definition) is 5. The molecule has 0 atom stereocenters. The summed E-state index contributed by atoms with van der Waals surface area (Å²) in [4.78, 5) is 6.99. The molecule has 8 heteroatoms. The molecule has 2 aromatic heterocycles. The summed E-state index contributed by atoms with van der Waals surface area (Å²) in [5, 5.41) is 4.65. The van der Waals surface area contributed by atoms with Gasteiger partial charge in [-0.1, -0.05) is 29.3 Å². The standard InChI is InChI=1S/C20H23Cl2N5O/c1-2-24-19-15(10-23)16(14-4-3-13(21)9-17(14)22)12-27-18(11-25-20(19)27)26-5-7-28-8-6-26/h3-4,9,11-12,24H,2,5-8,10,23H2,1H3. The van der Waals surface area contributed by atoms with Crippen LogP contribution in [-0.2, 0) is 11.3 Å². The number of anilines is 2. The fourth-order valence-electron chi connectivity index (χ4n) is 3.68. The van der Waals surface area contributed by atoms with Crippen LogP contribution in [0.1, 0.15) is 12.5 Å². The third-order valence-electron chi connectivity index (χ3n) is 5.00. The molecule has 6 nitrogen and oxygen atoms in total. The molecule has 3 aromatic rings. The van der Waals surface area contributed by atoms with E-state index < -0.39 is 0 Å². The van der Waals surface area contributed by atoms with Gasteiger partial charge in [0.25, 0.3) is 0 Å². The number of halogens is 2. The van der Waals surface area contributed by atoms with E-state index in [0.717, 1.165) is 53.5 Å². The van der Waals surface area contributed by atoms with Crippen LogP contribution in [-0.4, -0.2) is 42.2 Å². The number of morpholine rings is 1. The average molecular weight is 420 g/mol. The zero-order valence-electron chi connectivity index (χ0n) is 15.7. The second-order valence-electron chi connectivity index (χ2n) is 6.66. The summed E-state index contributed by atoms with van der Waals surface area (Å²) >= 11 is 12.6. The molecule has 1 saturated heterocycles. The lowest BCUT2D eigenvalue weighted by Crippen LogP contribution is -2.36. The minimum absolute atomic E-state index is 0.368. The first-order chi connectivity index (χ1) is 13.6. The SMILES string of the molecule is CCNc1c(CN)c(-c2ccc(Cl)cc2Cl)cn2c(N3CCOCC3)cnc12. The first-order valence-corrected chi connectivity index (χ1v) is 10.1. The Bertz CT molecular complexity index is 998. The number of rotatable bonds is 5. The fraction of sp³-hybridized carbons (Fsp3) is 0.350. The molecule has 0 unspecified atom stereocenters. The summed E-state index contributed by atoms with van der Waals surface area (Å²) in [6, 6.07) is 5.54. The van der Waals surface area contributed by atoms with Crippen LogP contribution in [0.5, 0.6) is 0 Å². The molecular weight excluding hydrogens is 397 g/mol. The Labute approximate surface area is 174 Å². The Kier molecular flexibility index (Phi) is 5.64. The summed E-state index contributed by atoms with van der Waals surface area (Å²) < 4.78 is 7.61. The van der Waals surface area contributed by atoms with Crippen molar-refractivity contribution in [2.75, 3.05) is 43.1 Å². The van der Waals surface area contributed by atoms with Gasteiger partial charge in [0, 0.05) is 59.1 Å². The summed E-state index contributed by atoms with van der Waals surface area (Å²) in [5.41, 5.74) is 10.8. The molecule has 4 rings (SSSR count). The number of pyridine rings is 1. The van der Waals surface area contributed by atoms with Crippen LogP contribution in [0.25, 0.3) is 16.8 Å². The van der Waals surface area contributed by atoms with Gasteiger partial charge in [-0.3, -0.25) is 4.40 Å².